The van der Waals surface area contributed by atoms with Crippen molar-refractivity contribution in [2.24, 2.45) is 0 Å². The van der Waals surface area contributed by atoms with Crippen molar-refractivity contribution in [1.29, 1.82) is 0 Å². The van der Waals surface area contributed by atoms with Gasteiger partial charge in [-0.2, -0.15) is 0 Å². The van der Waals surface area contributed by atoms with Gasteiger partial charge in [-0.3, -0.25) is 0 Å². The Morgan fingerprint density at radius 2 is 1.39 bits per heavy atom. The number of aliphatic hydroxyl groups excluding tert-OH is 1. The molecule has 0 bridgehead atoms. The van der Waals surface area contributed by atoms with E-state index in [0.29, 0.717) is 12.5 Å². The Hall–Kier alpha value is -1.60. The molecule has 124 valence electrons. The molecule has 0 aromatic heterocycles. The highest BCUT2D eigenvalue weighted by Gasteiger charge is 2.08. The number of aryl methyl sites for hydroxylation is 2. The van der Waals surface area contributed by atoms with Crippen LogP contribution in [-0.4, -0.2) is 11.7 Å². The van der Waals surface area contributed by atoms with E-state index < -0.39 is 0 Å². The fourth-order valence-electron chi connectivity index (χ4n) is 3.20. The predicted octanol–water partition coefficient (Wildman–Crippen LogP) is 5.52. The van der Waals surface area contributed by atoms with Crippen molar-refractivity contribution in [2.75, 3.05) is 6.61 Å². The van der Waals surface area contributed by atoms with Gasteiger partial charge in [-0.1, -0.05) is 61.5 Å². The molecule has 1 unspecified atom stereocenters. The Balaban J connectivity index is 1.76. The molecule has 0 aliphatic rings. The van der Waals surface area contributed by atoms with Gasteiger partial charge in [-0.15, -0.1) is 0 Å². The lowest BCUT2D eigenvalue weighted by molar-refractivity contribution is 0.279. The number of benzene rings is 2. The van der Waals surface area contributed by atoms with E-state index in [1.54, 1.807) is 0 Å². The minimum absolute atomic E-state index is 0.302. The highest BCUT2D eigenvalue weighted by molar-refractivity contribution is 5.25. The van der Waals surface area contributed by atoms with E-state index in [-0.39, 0.29) is 0 Å². The molecule has 2 aromatic rings. The summed E-state index contributed by atoms with van der Waals surface area (Å²) in [6, 6.07) is 19.9. The van der Waals surface area contributed by atoms with Crippen molar-refractivity contribution >= 4 is 0 Å². The number of hydrogen-bond donors (Lipinski definition) is 1. The predicted molar refractivity (Wildman–Crippen MR) is 98.9 cm³/mol. The van der Waals surface area contributed by atoms with E-state index in [1.165, 1.54) is 42.4 Å². The number of hydrogen-bond acceptors (Lipinski definition) is 1. The third-order valence-electron chi connectivity index (χ3n) is 4.68. The van der Waals surface area contributed by atoms with Gasteiger partial charge < -0.3 is 5.11 Å². The summed E-state index contributed by atoms with van der Waals surface area (Å²) < 4.78 is 0. The van der Waals surface area contributed by atoms with Crippen LogP contribution >= 0.6 is 0 Å². The summed E-state index contributed by atoms with van der Waals surface area (Å²) in [6.45, 7) is 2.54. The molecule has 0 saturated carbocycles. The van der Waals surface area contributed by atoms with Gasteiger partial charge in [0.05, 0.1) is 0 Å². The second-order valence-electron chi connectivity index (χ2n) is 6.41. The highest BCUT2D eigenvalue weighted by Crippen LogP contribution is 2.25. The van der Waals surface area contributed by atoms with Gasteiger partial charge in [0.1, 0.15) is 0 Å². The van der Waals surface area contributed by atoms with Crippen molar-refractivity contribution < 1.29 is 5.11 Å². The van der Waals surface area contributed by atoms with Crippen molar-refractivity contribution in [3.63, 3.8) is 0 Å². The zero-order chi connectivity index (χ0) is 16.3. The van der Waals surface area contributed by atoms with Crippen LogP contribution in [0.4, 0.5) is 0 Å². The average Bonchev–Trinajstić information content (AvgIpc) is 2.61. The lowest BCUT2D eigenvalue weighted by Crippen LogP contribution is -1.99. The second-order valence-corrected chi connectivity index (χ2v) is 6.41. The quantitative estimate of drug-likeness (QED) is 0.573. The first-order valence-corrected chi connectivity index (χ1v) is 9.07. The number of unbranched alkanes of at least 4 members (excludes halogenated alkanes) is 1. The fourth-order valence-corrected chi connectivity index (χ4v) is 3.20. The Kier molecular flexibility index (Phi) is 7.89. The molecular weight excluding hydrogens is 280 g/mol. The van der Waals surface area contributed by atoms with Gasteiger partial charge in [-0.05, 0) is 67.6 Å². The normalized spacial score (nSPS) is 12.3. The molecule has 0 aliphatic heterocycles. The smallest absolute Gasteiger partial charge is 0.0431 e. The van der Waals surface area contributed by atoms with Crippen molar-refractivity contribution in [3.05, 3.63) is 71.3 Å². The molecule has 0 aliphatic carbocycles. The minimum atomic E-state index is 0.302. The fraction of sp³-hybridized carbons (Fsp3) is 0.455. The molecule has 0 saturated heterocycles. The van der Waals surface area contributed by atoms with Gasteiger partial charge >= 0.3 is 0 Å². The Bertz CT molecular complexity index is 530. The van der Waals surface area contributed by atoms with Gasteiger partial charge in [0, 0.05) is 6.61 Å². The molecule has 0 amide bonds. The molecule has 0 radical (unpaired) electrons. The molecule has 0 spiro atoms. The van der Waals surface area contributed by atoms with Gasteiger partial charge in [-0.25, -0.2) is 0 Å². The van der Waals surface area contributed by atoms with Crippen LogP contribution in [0.15, 0.2) is 54.6 Å². The van der Waals surface area contributed by atoms with E-state index >= 15 is 0 Å². The lowest BCUT2D eigenvalue weighted by atomic mass is 9.91. The van der Waals surface area contributed by atoms with Crippen LogP contribution in [0, 0.1) is 0 Å². The molecule has 1 atom stereocenters. The maximum absolute atomic E-state index is 9.00. The van der Waals surface area contributed by atoms with E-state index in [9.17, 15) is 0 Å². The van der Waals surface area contributed by atoms with Crippen LogP contribution in [0.5, 0.6) is 0 Å². The molecule has 0 fully saturated rings. The van der Waals surface area contributed by atoms with E-state index in [2.05, 4.69) is 61.5 Å². The van der Waals surface area contributed by atoms with Gasteiger partial charge in [0.2, 0.25) is 0 Å². The van der Waals surface area contributed by atoms with E-state index in [1.807, 2.05) is 0 Å². The Labute approximate surface area is 141 Å². The minimum Gasteiger partial charge on any atom is -0.396 e. The monoisotopic (exact) mass is 310 g/mol. The van der Waals surface area contributed by atoms with Gasteiger partial charge in [0.15, 0.2) is 0 Å². The summed E-state index contributed by atoms with van der Waals surface area (Å²) in [4.78, 5) is 0. The first-order chi connectivity index (χ1) is 11.3. The number of rotatable bonds is 10. The van der Waals surface area contributed by atoms with Crippen LogP contribution in [-0.2, 0) is 12.8 Å². The van der Waals surface area contributed by atoms with Crippen LogP contribution in [0.1, 0.15) is 61.6 Å². The van der Waals surface area contributed by atoms with Crippen LogP contribution in [0.2, 0.25) is 0 Å². The molecule has 1 N–H and O–H groups in total. The topological polar surface area (TPSA) is 20.2 Å². The van der Waals surface area contributed by atoms with E-state index in [0.717, 1.165) is 19.3 Å². The Morgan fingerprint density at radius 1 is 0.783 bits per heavy atom. The van der Waals surface area contributed by atoms with Crippen LogP contribution < -0.4 is 0 Å². The summed E-state index contributed by atoms with van der Waals surface area (Å²) in [5.41, 5.74) is 4.31. The molecular formula is C22H30O. The largest absolute Gasteiger partial charge is 0.396 e. The average molecular weight is 310 g/mol. The number of aliphatic hydroxyl groups is 1. The van der Waals surface area contributed by atoms with Gasteiger partial charge in [0.25, 0.3) is 0 Å². The van der Waals surface area contributed by atoms with Crippen molar-refractivity contribution in [1.82, 2.24) is 0 Å². The van der Waals surface area contributed by atoms with Crippen LogP contribution in [0.3, 0.4) is 0 Å². The summed E-state index contributed by atoms with van der Waals surface area (Å²) >= 11 is 0. The zero-order valence-corrected chi connectivity index (χ0v) is 14.4. The second kappa shape index (κ2) is 10.2. The third-order valence-corrected chi connectivity index (χ3v) is 4.68. The third kappa shape index (κ3) is 6.19. The molecule has 1 nitrogen and oxygen atoms in total. The Morgan fingerprint density at radius 3 is 1.96 bits per heavy atom. The first kappa shape index (κ1) is 17.7. The maximum atomic E-state index is 9.00. The lowest BCUT2D eigenvalue weighted by Gasteiger charge is -2.15. The van der Waals surface area contributed by atoms with E-state index in [4.69, 9.17) is 5.11 Å². The van der Waals surface area contributed by atoms with Crippen molar-refractivity contribution in [2.45, 2.75) is 57.8 Å². The molecule has 23 heavy (non-hydrogen) atoms. The van der Waals surface area contributed by atoms with Crippen molar-refractivity contribution in [3.8, 4) is 0 Å². The standard InChI is InChI=1S/C22H30O/c1-2-21(13-8-18-23)22-16-14-20(15-17-22)12-7-6-11-19-9-4-3-5-10-19/h3-5,9-10,14-17,21,23H,2,6-8,11-13,18H2,1H3. The SMILES string of the molecule is CCC(CCCO)c1ccc(CCCCc2ccccc2)cc1. The summed E-state index contributed by atoms with van der Waals surface area (Å²) in [5, 5.41) is 9.00. The molecule has 1 heteroatoms. The molecule has 2 aromatic carbocycles. The summed E-state index contributed by atoms with van der Waals surface area (Å²) in [6.07, 6.45) is 7.98. The zero-order valence-electron chi connectivity index (χ0n) is 14.4. The first-order valence-electron chi connectivity index (χ1n) is 9.07. The highest BCUT2D eigenvalue weighted by atomic mass is 16.2. The maximum Gasteiger partial charge on any atom is 0.0431 e. The summed E-state index contributed by atoms with van der Waals surface area (Å²) in [7, 11) is 0. The van der Waals surface area contributed by atoms with Crippen LogP contribution in [0.25, 0.3) is 0 Å². The molecule has 0 heterocycles. The molecule has 2 rings (SSSR count). The summed E-state index contributed by atoms with van der Waals surface area (Å²) in [5.74, 6) is 0.592.